The van der Waals surface area contributed by atoms with Gasteiger partial charge in [-0.25, -0.2) is 14.8 Å². The predicted molar refractivity (Wildman–Crippen MR) is 86.7 cm³/mol. The number of nitrogens with zero attached hydrogens (tertiary/aromatic N) is 2. The van der Waals surface area contributed by atoms with E-state index < -0.39 is 11.9 Å². The van der Waals surface area contributed by atoms with Crippen LogP contribution in [0.25, 0.3) is 10.2 Å². The van der Waals surface area contributed by atoms with E-state index in [0.29, 0.717) is 11.8 Å². The number of thiophene rings is 1. The molecule has 0 aromatic carbocycles. The Hall–Kier alpha value is -2.22. The van der Waals surface area contributed by atoms with Crippen molar-refractivity contribution in [1.29, 1.82) is 0 Å². The Morgan fingerprint density at radius 1 is 1.43 bits per heavy atom. The monoisotopic (exact) mass is 334 g/mol. The van der Waals surface area contributed by atoms with Crippen LogP contribution >= 0.6 is 11.3 Å². The molecule has 1 aliphatic rings. The summed E-state index contributed by atoms with van der Waals surface area (Å²) in [4.78, 5) is 33.5. The van der Waals surface area contributed by atoms with Crippen molar-refractivity contribution < 1.29 is 14.3 Å². The Morgan fingerprint density at radius 3 is 3.04 bits per heavy atom. The third kappa shape index (κ3) is 3.26. The summed E-state index contributed by atoms with van der Waals surface area (Å²) in [6, 6.07) is -0.562. The average Bonchev–Trinajstić information content (AvgIpc) is 2.90. The number of carbonyl (C=O) groups is 2. The number of aryl methyl sites for hydroxylation is 1. The first-order chi connectivity index (χ1) is 11.1. The van der Waals surface area contributed by atoms with E-state index in [2.05, 4.69) is 27.5 Å². The summed E-state index contributed by atoms with van der Waals surface area (Å²) < 4.78 is 5.54. The molecule has 1 atom stereocenters. The molecule has 122 valence electrons. The maximum atomic E-state index is 11.7. The first-order valence-corrected chi connectivity index (χ1v) is 8.29. The highest BCUT2D eigenvalue weighted by atomic mass is 32.1. The van der Waals surface area contributed by atoms with Crippen LogP contribution in [0.15, 0.2) is 6.33 Å². The van der Waals surface area contributed by atoms with E-state index >= 15 is 0 Å². The fourth-order valence-electron chi connectivity index (χ4n) is 2.71. The van der Waals surface area contributed by atoms with Gasteiger partial charge in [-0.15, -0.1) is 11.3 Å². The van der Waals surface area contributed by atoms with E-state index in [9.17, 15) is 9.59 Å². The molecule has 23 heavy (non-hydrogen) atoms. The van der Waals surface area contributed by atoms with Crippen LogP contribution < -0.4 is 15.4 Å². The van der Waals surface area contributed by atoms with Crippen molar-refractivity contribution in [2.24, 2.45) is 5.92 Å². The predicted octanol–water partition coefficient (Wildman–Crippen LogP) is 1.65. The molecule has 7 nitrogen and oxygen atoms in total. The Kier molecular flexibility index (Phi) is 4.42. The number of aromatic nitrogens is 2. The minimum Gasteiger partial charge on any atom is -0.467 e. The van der Waals surface area contributed by atoms with Crippen molar-refractivity contribution in [3.63, 3.8) is 0 Å². The van der Waals surface area contributed by atoms with Crippen LogP contribution in [-0.4, -0.2) is 35.6 Å². The Bertz CT molecular complexity index is 759. The summed E-state index contributed by atoms with van der Waals surface area (Å²) in [6.07, 6.45) is 4.60. The van der Waals surface area contributed by atoms with E-state index in [4.69, 9.17) is 4.74 Å². The number of fused-ring (bicyclic) bond motifs is 3. The first kappa shape index (κ1) is 15.7. The van der Waals surface area contributed by atoms with Crippen molar-refractivity contribution in [2.45, 2.75) is 26.2 Å². The van der Waals surface area contributed by atoms with Crippen molar-refractivity contribution in [1.82, 2.24) is 20.6 Å². The van der Waals surface area contributed by atoms with Crippen LogP contribution in [0.2, 0.25) is 0 Å². The second-order valence-electron chi connectivity index (χ2n) is 5.63. The lowest BCUT2D eigenvalue weighted by molar-refractivity contribution is -0.122. The van der Waals surface area contributed by atoms with Gasteiger partial charge in [-0.05, 0) is 30.7 Å². The van der Waals surface area contributed by atoms with Gasteiger partial charge in [-0.1, -0.05) is 6.92 Å². The van der Waals surface area contributed by atoms with Gasteiger partial charge in [0, 0.05) is 11.9 Å². The number of carbonyl (C=O) groups excluding carboxylic acids is 2. The summed E-state index contributed by atoms with van der Waals surface area (Å²) in [6.45, 7) is 1.99. The van der Waals surface area contributed by atoms with Crippen LogP contribution in [0.1, 0.15) is 23.8 Å². The molecule has 2 heterocycles. The van der Waals surface area contributed by atoms with E-state index in [1.807, 2.05) is 0 Å². The number of ether oxygens (including phenoxy) is 1. The first-order valence-electron chi connectivity index (χ1n) is 7.48. The van der Waals surface area contributed by atoms with Crippen molar-refractivity contribution >= 4 is 33.5 Å². The Morgan fingerprint density at radius 2 is 2.26 bits per heavy atom. The van der Waals surface area contributed by atoms with Gasteiger partial charge in [0.15, 0.2) is 6.61 Å². The highest BCUT2D eigenvalue weighted by molar-refractivity contribution is 7.18. The third-order valence-corrected chi connectivity index (χ3v) is 5.04. The van der Waals surface area contributed by atoms with Crippen LogP contribution in [-0.2, 0) is 17.6 Å². The molecule has 2 N–H and O–H groups in total. The number of hydrogen-bond acceptors (Lipinski definition) is 6. The number of rotatable bonds is 3. The van der Waals surface area contributed by atoms with Crippen molar-refractivity contribution in [3.05, 3.63) is 16.8 Å². The van der Waals surface area contributed by atoms with Crippen LogP contribution in [0.5, 0.6) is 5.88 Å². The van der Waals surface area contributed by atoms with E-state index in [1.54, 1.807) is 11.3 Å². The summed E-state index contributed by atoms with van der Waals surface area (Å²) in [7, 11) is 1.44. The van der Waals surface area contributed by atoms with Crippen LogP contribution in [0.3, 0.4) is 0 Å². The number of imide groups is 1. The van der Waals surface area contributed by atoms with Gasteiger partial charge in [-0.3, -0.25) is 10.1 Å². The quantitative estimate of drug-likeness (QED) is 0.890. The number of urea groups is 1. The number of hydrogen-bond donors (Lipinski definition) is 2. The van der Waals surface area contributed by atoms with Gasteiger partial charge in [0.2, 0.25) is 5.88 Å². The molecule has 0 saturated heterocycles. The van der Waals surface area contributed by atoms with E-state index in [0.717, 1.165) is 29.5 Å². The fourth-order valence-corrected chi connectivity index (χ4v) is 4.06. The normalized spacial score (nSPS) is 16.7. The van der Waals surface area contributed by atoms with Gasteiger partial charge in [-0.2, -0.15) is 0 Å². The minimum atomic E-state index is -0.562. The van der Waals surface area contributed by atoms with Gasteiger partial charge >= 0.3 is 6.03 Å². The summed E-state index contributed by atoms with van der Waals surface area (Å²) in [5.41, 5.74) is 1.24. The second kappa shape index (κ2) is 6.49. The van der Waals surface area contributed by atoms with Gasteiger partial charge < -0.3 is 10.1 Å². The SMILES string of the molecule is CNC(=O)NC(=O)COc1ncnc2sc3c(c12)CCC(C)C3. The van der Waals surface area contributed by atoms with Crippen LogP contribution in [0, 0.1) is 5.92 Å². The summed E-state index contributed by atoms with van der Waals surface area (Å²) in [5, 5.41) is 5.38. The second-order valence-corrected chi connectivity index (χ2v) is 6.71. The number of amides is 3. The minimum absolute atomic E-state index is 0.263. The van der Waals surface area contributed by atoms with E-state index in [1.165, 1.54) is 23.8 Å². The third-order valence-electron chi connectivity index (χ3n) is 3.88. The van der Waals surface area contributed by atoms with E-state index in [-0.39, 0.29) is 6.61 Å². The molecule has 2 aromatic rings. The largest absolute Gasteiger partial charge is 0.467 e. The maximum absolute atomic E-state index is 11.7. The highest BCUT2D eigenvalue weighted by Crippen LogP contribution is 2.40. The molecule has 0 saturated carbocycles. The lowest BCUT2D eigenvalue weighted by Gasteiger charge is -2.18. The maximum Gasteiger partial charge on any atom is 0.321 e. The molecule has 1 aliphatic carbocycles. The molecule has 0 spiro atoms. The zero-order valence-corrected chi connectivity index (χ0v) is 13.8. The zero-order chi connectivity index (χ0) is 16.4. The van der Waals surface area contributed by atoms with Gasteiger partial charge in [0.25, 0.3) is 5.91 Å². The molecule has 0 bridgehead atoms. The Labute approximate surface area is 137 Å². The Balaban J connectivity index is 1.81. The zero-order valence-electron chi connectivity index (χ0n) is 13.0. The lowest BCUT2D eigenvalue weighted by Crippen LogP contribution is -2.40. The standard InChI is InChI=1S/C15H18N4O3S/c1-8-3-4-9-10(5-8)23-14-12(9)13(17-7-18-14)22-6-11(20)19-15(21)16-2/h7-8H,3-6H2,1-2H3,(H2,16,19,20,21). The molecule has 3 rings (SSSR count). The molecule has 2 aromatic heterocycles. The average molecular weight is 334 g/mol. The topological polar surface area (TPSA) is 93.2 Å². The van der Waals surface area contributed by atoms with Crippen molar-refractivity contribution in [2.75, 3.05) is 13.7 Å². The molecule has 0 fully saturated rings. The lowest BCUT2D eigenvalue weighted by atomic mass is 9.89. The molecular weight excluding hydrogens is 316 g/mol. The molecule has 0 radical (unpaired) electrons. The summed E-state index contributed by atoms with van der Waals surface area (Å²) in [5.74, 6) is 0.564. The smallest absolute Gasteiger partial charge is 0.321 e. The molecule has 1 unspecified atom stereocenters. The molecule has 0 aliphatic heterocycles. The van der Waals surface area contributed by atoms with Crippen LogP contribution in [0.4, 0.5) is 4.79 Å². The van der Waals surface area contributed by atoms with Gasteiger partial charge in [0.1, 0.15) is 11.2 Å². The van der Waals surface area contributed by atoms with Crippen molar-refractivity contribution in [3.8, 4) is 5.88 Å². The molecule has 8 heteroatoms. The molecule has 3 amide bonds. The summed E-state index contributed by atoms with van der Waals surface area (Å²) >= 11 is 1.67. The van der Waals surface area contributed by atoms with Gasteiger partial charge in [0.05, 0.1) is 5.39 Å². The number of nitrogens with one attached hydrogen (secondary N) is 2. The highest BCUT2D eigenvalue weighted by Gasteiger charge is 2.23. The molecular formula is C15H18N4O3S. The fraction of sp³-hybridized carbons (Fsp3) is 0.467.